The number of carbonyl (C=O) groups is 1. The molecule has 0 aliphatic rings. The molecule has 0 saturated carbocycles. The summed E-state index contributed by atoms with van der Waals surface area (Å²) < 4.78 is 15.2. The second-order valence-electron chi connectivity index (χ2n) is 3.13. The van der Waals surface area contributed by atoms with E-state index in [1.54, 1.807) is 21.1 Å². The van der Waals surface area contributed by atoms with Crippen molar-refractivity contribution in [3.63, 3.8) is 0 Å². The molecule has 82 valence electrons. The number of methoxy groups -OCH3 is 2. The van der Waals surface area contributed by atoms with Crippen LogP contribution in [0, 0.1) is 0 Å². The monoisotopic (exact) mass is 218 g/mol. The van der Waals surface area contributed by atoms with Gasteiger partial charge >= 0.3 is 5.97 Å². The summed E-state index contributed by atoms with van der Waals surface area (Å²) in [7, 11) is 2.40. The molecule has 1 unspecified atom stereocenters. The Bertz CT molecular complexity index is 201. The van der Waals surface area contributed by atoms with E-state index in [2.05, 4.69) is 6.58 Å². The van der Waals surface area contributed by atoms with E-state index in [9.17, 15) is 4.79 Å². The number of esters is 1. The smallest absolute Gasteiger partial charge is 0.333 e. The molecule has 14 heavy (non-hydrogen) atoms. The second kappa shape index (κ2) is 6.75. The van der Waals surface area contributed by atoms with Crippen molar-refractivity contribution >= 4 is 15.5 Å². The number of hydrogen-bond donors (Lipinski definition) is 0. The van der Waals surface area contributed by atoms with Crippen LogP contribution in [0.4, 0.5) is 0 Å². The molecule has 0 aliphatic heterocycles. The first kappa shape index (κ1) is 13.3. The molecule has 5 heteroatoms. The number of hydrogen-bond acceptors (Lipinski definition) is 4. The van der Waals surface area contributed by atoms with Crippen molar-refractivity contribution in [3.8, 4) is 0 Å². The summed E-state index contributed by atoms with van der Waals surface area (Å²) in [6.45, 7) is 6.98. The minimum atomic E-state index is -0.754. The Kier molecular flexibility index (Phi) is 6.43. The lowest BCUT2D eigenvalue weighted by atomic mass is 10.4. The van der Waals surface area contributed by atoms with E-state index in [4.69, 9.17) is 14.2 Å². The maximum absolute atomic E-state index is 11.1. The van der Waals surface area contributed by atoms with Gasteiger partial charge in [-0.1, -0.05) is 6.58 Å². The molecule has 0 saturated heterocycles. The number of rotatable bonds is 6. The average Bonchev–Trinajstić information content (AvgIpc) is 2.13. The maximum Gasteiger partial charge on any atom is 0.333 e. The molecule has 0 N–H and O–H groups in total. The molecule has 0 heterocycles. The lowest BCUT2D eigenvalue weighted by Gasteiger charge is -2.18. The molecule has 0 bridgehead atoms. The van der Waals surface area contributed by atoms with Gasteiger partial charge in [0, 0.05) is 19.8 Å². The van der Waals surface area contributed by atoms with Crippen LogP contribution in [0.1, 0.15) is 13.8 Å². The molecule has 0 aromatic carbocycles. The van der Waals surface area contributed by atoms with Crippen LogP contribution in [0.3, 0.4) is 0 Å². The quantitative estimate of drug-likeness (QED) is 0.276. The van der Waals surface area contributed by atoms with Crippen LogP contribution in [0.2, 0.25) is 0 Å². The van der Waals surface area contributed by atoms with Crippen LogP contribution < -0.4 is 0 Å². The Hall–Kier alpha value is -0.653. The Morgan fingerprint density at radius 1 is 1.36 bits per heavy atom. The Labute approximate surface area is 87.0 Å². The van der Waals surface area contributed by atoms with Gasteiger partial charge in [-0.15, -0.1) is 0 Å². The first-order chi connectivity index (χ1) is 6.51. The van der Waals surface area contributed by atoms with E-state index in [0.29, 0.717) is 5.57 Å². The van der Waals surface area contributed by atoms with E-state index in [0.717, 1.165) is 0 Å². The summed E-state index contributed by atoms with van der Waals surface area (Å²) >= 11 is 0. The molecule has 4 nitrogen and oxygen atoms in total. The van der Waals surface area contributed by atoms with Crippen molar-refractivity contribution in [2.24, 2.45) is 0 Å². The van der Waals surface area contributed by atoms with Gasteiger partial charge in [0.2, 0.25) is 0 Å². The van der Waals surface area contributed by atoms with Crippen LogP contribution in [-0.2, 0) is 19.0 Å². The average molecular weight is 218 g/mol. The normalized spacial score (nSPS) is 13.5. The first-order valence-corrected chi connectivity index (χ1v) is 6.06. The zero-order valence-corrected chi connectivity index (χ0v) is 10.6. The van der Waals surface area contributed by atoms with Gasteiger partial charge in [0.1, 0.15) is 15.4 Å². The molecule has 0 rings (SSSR count). The van der Waals surface area contributed by atoms with Gasteiger partial charge in [-0.3, -0.25) is 0 Å². The number of carbonyl (C=O) groups excluding carboxylic acids is 1. The highest BCUT2D eigenvalue weighted by Gasteiger charge is 2.16. The molecule has 0 radical (unpaired) electrons. The van der Waals surface area contributed by atoms with Gasteiger partial charge in [-0.25, -0.2) is 4.79 Å². The fraction of sp³-hybridized carbons (Fsp3) is 0.667. The van der Waals surface area contributed by atoms with Gasteiger partial charge in [0.25, 0.3) is 0 Å². The molecule has 0 aliphatic carbocycles. The third-order valence-corrected chi connectivity index (χ3v) is 3.59. The van der Waals surface area contributed by atoms with E-state index >= 15 is 0 Å². The van der Waals surface area contributed by atoms with Gasteiger partial charge in [0.05, 0.1) is 5.73 Å². The lowest BCUT2D eigenvalue weighted by Crippen LogP contribution is -2.33. The minimum absolute atomic E-state index is 0.107. The summed E-state index contributed by atoms with van der Waals surface area (Å²) in [5, 5.41) is 0. The maximum atomic E-state index is 11.1. The van der Waals surface area contributed by atoms with E-state index in [-0.39, 0.29) is 17.6 Å². The summed E-state index contributed by atoms with van der Waals surface area (Å²) in [6.07, 6.45) is 0. The van der Waals surface area contributed by atoms with Gasteiger partial charge < -0.3 is 14.2 Å². The third-order valence-electron chi connectivity index (χ3n) is 1.71. The molecule has 0 aromatic rings. The van der Waals surface area contributed by atoms with E-state index in [1.807, 2.05) is 6.92 Å². The van der Waals surface area contributed by atoms with Gasteiger partial charge in [0.15, 0.2) is 0 Å². The summed E-state index contributed by atoms with van der Waals surface area (Å²) in [5.41, 5.74) is 0.307. The SMILES string of the molecule is C=C(C)C(=O)OC(C)[SiH2]C(OC)OC. The van der Waals surface area contributed by atoms with Crippen molar-refractivity contribution < 1.29 is 19.0 Å². The van der Waals surface area contributed by atoms with Crippen molar-refractivity contribution in [1.29, 1.82) is 0 Å². The predicted molar refractivity (Wildman–Crippen MR) is 56.7 cm³/mol. The highest BCUT2D eigenvalue weighted by atomic mass is 28.2. The summed E-state index contributed by atoms with van der Waals surface area (Å²) in [6, 6.07) is 0. The fourth-order valence-electron chi connectivity index (χ4n) is 0.891. The van der Waals surface area contributed by atoms with Crippen LogP contribution in [-0.4, -0.2) is 41.3 Å². The minimum Gasteiger partial charge on any atom is -0.464 e. The second-order valence-corrected chi connectivity index (χ2v) is 5.42. The van der Waals surface area contributed by atoms with Crippen molar-refractivity contribution in [3.05, 3.63) is 12.2 Å². The Morgan fingerprint density at radius 3 is 2.21 bits per heavy atom. The predicted octanol–water partition coefficient (Wildman–Crippen LogP) is 0.197. The summed E-state index contributed by atoms with van der Waals surface area (Å²) in [4.78, 5) is 11.1. The highest BCUT2D eigenvalue weighted by molar-refractivity contribution is 6.38. The summed E-state index contributed by atoms with van der Waals surface area (Å²) in [5.74, 6) is -0.557. The third kappa shape index (κ3) is 5.16. The number of ether oxygens (including phenoxy) is 3. The molecule has 0 fully saturated rings. The lowest BCUT2D eigenvalue weighted by molar-refractivity contribution is -0.140. The van der Waals surface area contributed by atoms with Crippen LogP contribution in [0.5, 0.6) is 0 Å². The molecule has 0 aromatic heterocycles. The van der Waals surface area contributed by atoms with Crippen LogP contribution in [0.15, 0.2) is 12.2 Å². The van der Waals surface area contributed by atoms with E-state index < -0.39 is 9.52 Å². The Morgan fingerprint density at radius 2 is 1.86 bits per heavy atom. The highest BCUT2D eigenvalue weighted by Crippen LogP contribution is 2.00. The molecular formula is C9H18O4Si. The Balaban J connectivity index is 3.90. The largest absolute Gasteiger partial charge is 0.464 e. The molecule has 0 amide bonds. The standard InChI is InChI=1S/C9H18O4Si/c1-6(2)8(10)13-7(3)14-9(11-4)12-5/h7,9H,1,14H2,2-5H3. The van der Waals surface area contributed by atoms with Crippen LogP contribution in [0.25, 0.3) is 0 Å². The topological polar surface area (TPSA) is 44.8 Å². The van der Waals surface area contributed by atoms with Gasteiger partial charge in [-0.2, -0.15) is 0 Å². The molecule has 1 atom stereocenters. The van der Waals surface area contributed by atoms with Crippen molar-refractivity contribution in [1.82, 2.24) is 0 Å². The van der Waals surface area contributed by atoms with Gasteiger partial charge in [-0.05, 0) is 13.8 Å². The molecular weight excluding hydrogens is 200 g/mol. The molecule has 0 spiro atoms. The zero-order valence-electron chi connectivity index (χ0n) is 9.20. The fourth-order valence-corrected chi connectivity index (χ4v) is 2.07. The van der Waals surface area contributed by atoms with Crippen molar-refractivity contribution in [2.45, 2.75) is 25.5 Å². The van der Waals surface area contributed by atoms with E-state index in [1.165, 1.54) is 0 Å². The zero-order chi connectivity index (χ0) is 11.1. The van der Waals surface area contributed by atoms with Crippen LogP contribution >= 0.6 is 0 Å². The first-order valence-electron chi connectivity index (χ1n) is 4.43. The van der Waals surface area contributed by atoms with Crippen molar-refractivity contribution in [2.75, 3.05) is 14.2 Å².